The van der Waals surface area contributed by atoms with Gasteiger partial charge in [0.25, 0.3) is 0 Å². The number of fused-ring (bicyclic) bond motifs is 1. The number of aromatic amines is 1. The van der Waals surface area contributed by atoms with E-state index in [1.54, 1.807) is 4.90 Å². The van der Waals surface area contributed by atoms with Crippen LogP contribution in [0.4, 0.5) is 0 Å². The molecule has 5 heteroatoms. The number of aromatic nitrogens is 1. The quantitative estimate of drug-likeness (QED) is 0.730. The maximum atomic E-state index is 12.9. The van der Waals surface area contributed by atoms with E-state index in [-0.39, 0.29) is 5.91 Å². The van der Waals surface area contributed by atoms with Crippen LogP contribution >= 0.6 is 0 Å². The largest absolute Gasteiger partial charge is 0.481 e. The number of carboxylic acid groups (broad SMARTS) is 1. The highest BCUT2D eigenvalue weighted by atomic mass is 16.4. The predicted octanol–water partition coefficient (Wildman–Crippen LogP) is 3.66. The van der Waals surface area contributed by atoms with Crippen molar-refractivity contribution in [1.29, 1.82) is 0 Å². The Kier molecular flexibility index (Phi) is 4.67. The summed E-state index contributed by atoms with van der Waals surface area (Å²) in [4.78, 5) is 30.0. The summed E-state index contributed by atoms with van der Waals surface area (Å²) in [6.07, 6.45) is 3.11. The number of aryl methyl sites for hydroxylation is 1. The number of nitrogens with one attached hydrogen (secondary N) is 1. The van der Waals surface area contributed by atoms with E-state index in [4.69, 9.17) is 0 Å². The van der Waals surface area contributed by atoms with E-state index in [1.807, 2.05) is 61.7 Å². The Labute approximate surface area is 164 Å². The summed E-state index contributed by atoms with van der Waals surface area (Å²) in [6.45, 7) is 2.97. The van der Waals surface area contributed by atoms with Gasteiger partial charge in [-0.05, 0) is 36.5 Å². The lowest BCUT2D eigenvalue weighted by atomic mass is 9.73. The molecule has 0 radical (unpaired) electrons. The van der Waals surface area contributed by atoms with E-state index in [2.05, 4.69) is 4.98 Å². The Morgan fingerprint density at radius 3 is 2.46 bits per heavy atom. The number of carboxylic acids is 1. The van der Waals surface area contributed by atoms with Gasteiger partial charge in [0.2, 0.25) is 5.91 Å². The summed E-state index contributed by atoms with van der Waals surface area (Å²) < 4.78 is 0. The number of nitrogens with zero attached hydrogens (tertiary/aromatic N) is 1. The highest BCUT2D eigenvalue weighted by Gasteiger charge is 2.43. The minimum absolute atomic E-state index is 0.0504. The van der Waals surface area contributed by atoms with Gasteiger partial charge in [-0.2, -0.15) is 0 Å². The minimum Gasteiger partial charge on any atom is -0.481 e. The van der Waals surface area contributed by atoms with Gasteiger partial charge < -0.3 is 15.0 Å². The van der Waals surface area contributed by atoms with Gasteiger partial charge in [0.05, 0.1) is 11.8 Å². The van der Waals surface area contributed by atoms with Crippen molar-refractivity contribution < 1.29 is 14.7 Å². The SMILES string of the molecule is Cc1cccc2c(CC(=O)N3CCC(C(=O)O)(c4ccccc4)CC3)c[nH]c12. The average molecular weight is 376 g/mol. The highest BCUT2D eigenvalue weighted by Crippen LogP contribution is 2.36. The molecule has 0 spiro atoms. The molecule has 3 aromatic rings. The molecule has 1 saturated heterocycles. The fourth-order valence-electron chi connectivity index (χ4n) is 4.31. The number of para-hydroxylation sites is 1. The molecule has 144 valence electrons. The smallest absolute Gasteiger partial charge is 0.314 e. The van der Waals surface area contributed by atoms with E-state index in [9.17, 15) is 14.7 Å². The molecule has 0 bridgehead atoms. The number of rotatable bonds is 4. The third-order valence-electron chi connectivity index (χ3n) is 6.06. The molecular formula is C23H24N2O3. The lowest BCUT2D eigenvalue weighted by Crippen LogP contribution is -2.49. The van der Waals surface area contributed by atoms with Crippen LogP contribution in [0.3, 0.4) is 0 Å². The molecule has 28 heavy (non-hydrogen) atoms. The van der Waals surface area contributed by atoms with E-state index in [0.29, 0.717) is 32.4 Å². The van der Waals surface area contributed by atoms with Crippen LogP contribution in [-0.4, -0.2) is 40.0 Å². The van der Waals surface area contributed by atoms with Gasteiger partial charge in [-0.25, -0.2) is 0 Å². The molecule has 4 rings (SSSR count). The zero-order valence-electron chi connectivity index (χ0n) is 15.9. The normalized spacial score (nSPS) is 16.2. The third-order valence-corrected chi connectivity index (χ3v) is 6.06. The summed E-state index contributed by atoms with van der Waals surface area (Å²) in [5.41, 5.74) is 3.13. The van der Waals surface area contributed by atoms with E-state index in [0.717, 1.165) is 27.6 Å². The first-order chi connectivity index (χ1) is 13.5. The van der Waals surface area contributed by atoms with Gasteiger partial charge in [-0.1, -0.05) is 48.5 Å². The van der Waals surface area contributed by atoms with Gasteiger partial charge in [0, 0.05) is 30.2 Å². The van der Waals surface area contributed by atoms with Gasteiger partial charge in [-0.3, -0.25) is 9.59 Å². The molecule has 1 aliphatic rings. The van der Waals surface area contributed by atoms with Crippen LogP contribution in [0.25, 0.3) is 10.9 Å². The maximum absolute atomic E-state index is 12.9. The van der Waals surface area contributed by atoms with Crippen LogP contribution in [0.15, 0.2) is 54.7 Å². The number of likely N-dealkylation sites (tertiary alicyclic amines) is 1. The fraction of sp³-hybridized carbons (Fsp3) is 0.304. The van der Waals surface area contributed by atoms with Crippen LogP contribution in [0.1, 0.15) is 29.5 Å². The molecule has 1 fully saturated rings. The average Bonchev–Trinajstić information content (AvgIpc) is 3.12. The molecule has 0 atom stereocenters. The zero-order chi connectivity index (χ0) is 19.7. The highest BCUT2D eigenvalue weighted by molar-refractivity contribution is 5.90. The summed E-state index contributed by atoms with van der Waals surface area (Å²) in [5.74, 6) is -0.757. The lowest BCUT2D eigenvalue weighted by Gasteiger charge is -2.39. The number of hydrogen-bond acceptors (Lipinski definition) is 2. The number of benzene rings is 2. The van der Waals surface area contributed by atoms with Gasteiger partial charge in [-0.15, -0.1) is 0 Å². The number of piperidine rings is 1. The first kappa shape index (κ1) is 18.3. The van der Waals surface area contributed by atoms with Crippen molar-refractivity contribution in [3.05, 3.63) is 71.4 Å². The van der Waals surface area contributed by atoms with Crippen LogP contribution in [0, 0.1) is 6.92 Å². The monoisotopic (exact) mass is 376 g/mol. The number of amides is 1. The Morgan fingerprint density at radius 2 is 1.79 bits per heavy atom. The molecule has 2 aromatic carbocycles. The topological polar surface area (TPSA) is 73.4 Å². The standard InChI is InChI=1S/C23H24N2O3/c1-16-6-5-9-19-17(15-24-21(16)19)14-20(26)25-12-10-23(11-13-25,22(27)28)18-7-3-2-4-8-18/h2-9,15,24H,10-14H2,1H3,(H,27,28). The van der Waals surface area contributed by atoms with Crippen molar-refractivity contribution >= 4 is 22.8 Å². The molecule has 0 aliphatic carbocycles. The van der Waals surface area contributed by atoms with Crippen molar-refractivity contribution in [3.8, 4) is 0 Å². The van der Waals surface area contributed by atoms with Crippen molar-refractivity contribution in [1.82, 2.24) is 9.88 Å². The maximum Gasteiger partial charge on any atom is 0.314 e. The minimum atomic E-state index is -0.907. The first-order valence-corrected chi connectivity index (χ1v) is 9.63. The van der Waals surface area contributed by atoms with Crippen LogP contribution in [0.2, 0.25) is 0 Å². The molecule has 2 heterocycles. The fourth-order valence-corrected chi connectivity index (χ4v) is 4.31. The van der Waals surface area contributed by atoms with Crippen molar-refractivity contribution in [2.45, 2.75) is 31.6 Å². The van der Waals surface area contributed by atoms with E-state index < -0.39 is 11.4 Å². The molecule has 1 aliphatic heterocycles. The molecule has 1 aromatic heterocycles. The summed E-state index contributed by atoms with van der Waals surface area (Å²) >= 11 is 0. The van der Waals surface area contributed by atoms with Crippen molar-refractivity contribution in [2.75, 3.05) is 13.1 Å². The third kappa shape index (κ3) is 3.07. The van der Waals surface area contributed by atoms with Crippen LogP contribution in [0.5, 0.6) is 0 Å². The number of hydrogen-bond donors (Lipinski definition) is 2. The van der Waals surface area contributed by atoms with Crippen LogP contribution in [-0.2, 0) is 21.4 Å². The molecule has 5 nitrogen and oxygen atoms in total. The number of aliphatic carboxylic acids is 1. The molecule has 2 N–H and O–H groups in total. The second kappa shape index (κ2) is 7.15. The van der Waals surface area contributed by atoms with Gasteiger partial charge in [0.1, 0.15) is 0 Å². The Morgan fingerprint density at radius 1 is 1.07 bits per heavy atom. The van der Waals surface area contributed by atoms with Crippen molar-refractivity contribution in [3.63, 3.8) is 0 Å². The Balaban J connectivity index is 1.49. The predicted molar refractivity (Wildman–Crippen MR) is 108 cm³/mol. The van der Waals surface area contributed by atoms with Crippen molar-refractivity contribution in [2.24, 2.45) is 0 Å². The van der Waals surface area contributed by atoms with E-state index in [1.165, 1.54) is 0 Å². The first-order valence-electron chi connectivity index (χ1n) is 9.63. The Bertz CT molecular complexity index is 1010. The van der Waals surface area contributed by atoms with Gasteiger partial charge in [0.15, 0.2) is 0 Å². The Hall–Kier alpha value is -3.08. The molecule has 0 saturated carbocycles. The zero-order valence-corrected chi connectivity index (χ0v) is 15.9. The second-order valence-corrected chi connectivity index (χ2v) is 7.62. The molecule has 1 amide bonds. The number of carbonyl (C=O) groups is 2. The molecule has 0 unspecified atom stereocenters. The lowest BCUT2D eigenvalue weighted by molar-refractivity contribution is -0.148. The van der Waals surface area contributed by atoms with Crippen LogP contribution < -0.4 is 0 Å². The number of carbonyl (C=O) groups excluding carboxylic acids is 1. The summed E-state index contributed by atoms with van der Waals surface area (Å²) in [7, 11) is 0. The van der Waals surface area contributed by atoms with E-state index >= 15 is 0 Å². The molecular weight excluding hydrogens is 352 g/mol. The summed E-state index contributed by atoms with van der Waals surface area (Å²) in [6, 6.07) is 15.5. The second-order valence-electron chi connectivity index (χ2n) is 7.62. The number of H-pyrrole nitrogens is 1. The summed E-state index contributed by atoms with van der Waals surface area (Å²) in [5, 5.41) is 11.0. The van der Waals surface area contributed by atoms with Gasteiger partial charge >= 0.3 is 5.97 Å².